The van der Waals surface area contributed by atoms with E-state index in [1.807, 2.05) is 49.3 Å². The van der Waals surface area contributed by atoms with E-state index >= 15 is 0 Å². The van der Waals surface area contributed by atoms with Gasteiger partial charge in [-0.2, -0.15) is 0 Å². The SMILES string of the molecule is COc1cc(C2C(=C(O)c3ccc(C)c(F)c3)C(=O)C(=O)N2CCCN(C)C)ccc1OCc1ccccc1. The molecule has 0 aliphatic carbocycles. The van der Waals surface area contributed by atoms with E-state index in [1.165, 1.54) is 30.2 Å². The van der Waals surface area contributed by atoms with Crippen molar-refractivity contribution in [3.8, 4) is 11.5 Å². The van der Waals surface area contributed by atoms with Crippen molar-refractivity contribution in [3.63, 3.8) is 0 Å². The van der Waals surface area contributed by atoms with Crippen molar-refractivity contribution in [2.75, 3.05) is 34.3 Å². The zero-order valence-corrected chi connectivity index (χ0v) is 22.6. The molecule has 4 rings (SSSR count). The number of benzene rings is 3. The number of ketones is 1. The molecule has 204 valence electrons. The molecule has 1 atom stereocenters. The molecule has 39 heavy (non-hydrogen) atoms. The quantitative estimate of drug-likeness (QED) is 0.223. The summed E-state index contributed by atoms with van der Waals surface area (Å²) in [6, 6.07) is 18.2. The smallest absolute Gasteiger partial charge is 0.295 e. The van der Waals surface area contributed by atoms with E-state index in [-0.39, 0.29) is 11.1 Å². The highest BCUT2D eigenvalue weighted by Gasteiger charge is 2.46. The van der Waals surface area contributed by atoms with Gasteiger partial charge in [0.15, 0.2) is 11.5 Å². The minimum atomic E-state index is -0.881. The number of rotatable bonds is 10. The Morgan fingerprint density at radius 2 is 1.77 bits per heavy atom. The largest absolute Gasteiger partial charge is 0.507 e. The second-order valence-electron chi connectivity index (χ2n) is 9.80. The molecule has 0 spiro atoms. The first-order chi connectivity index (χ1) is 18.7. The zero-order valence-electron chi connectivity index (χ0n) is 22.6. The Bertz CT molecular complexity index is 1390. The van der Waals surface area contributed by atoms with Gasteiger partial charge in [0.2, 0.25) is 0 Å². The van der Waals surface area contributed by atoms with Crippen LogP contribution in [0.1, 0.15) is 34.7 Å². The fraction of sp³-hybridized carbons (Fsp3) is 0.290. The van der Waals surface area contributed by atoms with E-state index in [2.05, 4.69) is 0 Å². The maximum Gasteiger partial charge on any atom is 0.295 e. The lowest BCUT2D eigenvalue weighted by Crippen LogP contribution is -2.32. The number of Topliss-reactive ketones (excluding diaryl/α,β-unsaturated/α-hetero) is 1. The number of likely N-dealkylation sites (tertiary alicyclic amines) is 1. The van der Waals surface area contributed by atoms with Gasteiger partial charge in [0, 0.05) is 12.1 Å². The van der Waals surface area contributed by atoms with Crippen LogP contribution >= 0.6 is 0 Å². The normalized spacial score (nSPS) is 16.7. The predicted molar refractivity (Wildman–Crippen MR) is 147 cm³/mol. The third kappa shape index (κ3) is 6.12. The number of aryl methyl sites for hydroxylation is 1. The first kappa shape index (κ1) is 27.9. The van der Waals surface area contributed by atoms with Crippen LogP contribution in [0.2, 0.25) is 0 Å². The second kappa shape index (κ2) is 12.1. The van der Waals surface area contributed by atoms with Crippen LogP contribution in [0.25, 0.3) is 5.76 Å². The summed E-state index contributed by atoms with van der Waals surface area (Å²) in [7, 11) is 5.37. The molecule has 1 saturated heterocycles. The fourth-order valence-electron chi connectivity index (χ4n) is 4.62. The van der Waals surface area contributed by atoms with Gasteiger partial charge in [-0.25, -0.2) is 4.39 Å². The molecule has 1 aliphatic heterocycles. The molecule has 8 heteroatoms. The highest BCUT2D eigenvalue weighted by molar-refractivity contribution is 6.46. The summed E-state index contributed by atoms with van der Waals surface area (Å²) in [6.45, 7) is 2.94. The van der Waals surface area contributed by atoms with Crippen molar-refractivity contribution in [1.82, 2.24) is 9.80 Å². The minimum absolute atomic E-state index is 0.0897. The van der Waals surface area contributed by atoms with Gasteiger partial charge >= 0.3 is 0 Å². The van der Waals surface area contributed by atoms with E-state index in [9.17, 15) is 19.1 Å². The number of aliphatic hydroxyl groups excluding tert-OH is 1. The number of carbonyl (C=O) groups is 2. The number of hydrogen-bond acceptors (Lipinski definition) is 6. The number of ether oxygens (including phenoxy) is 2. The van der Waals surface area contributed by atoms with Gasteiger partial charge in [-0.05, 0) is 68.9 Å². The first-order valence-electron chi connectivity index (χ1n) is 12.8. The number of hydrogen-bond donors (Lipinski definition) is 1. The molecule has 1 heterocycles. The van der Waals surface area contributed by atoms with E-state index < -0.39 is 29.3 Å². The summed E-state index contributed by atoms with van der Waals surface area (Å²) in [5, 5.41) is 11.2. The first-order valence-corrected chi connectivity index (χ1v) is 12.8. The van der Waals surface area contributed by atoms with E-state index in [1.54, 1.807) is 25.1 Å². The summed E-state index contributed by atoms with van der Waals surface area (Å²) in [4.78, 5) is 29.9. The average Bonchev–Trinajstić information content (AvgIpc) is 3.18. The number of nitrogens with zero attached hydrogens (tertiary/aromatic N) is 2. The molecule has 1 N–H and O–H groups in total. The van der Waals surface area contributed by atoms with Crippen LogP contribution in [0, 0.1) is 12.7 Å². The number of aliphatic hydroxyl groups is 1. The Kier molecular flexibility index (Phi) is 8.66. The molecule has 1 amide bonds. The van der Waals surface area contributed by atoms with Crippen LogP contribution in [0.15, 0.2) is 72.3 Å². The second-order valence-corrected chi connectivity index (χ2v) is 9.80. The molecule has 0 bridgehead atoms. The molecule has 1 aliphatic rings. The number of amides is 1. The molecular formula is C31H33FN2O5. The van der Waals surface area contributed by atoms with Crippen LogP contribution in [-0.4, -0.2) is 60.9 Å². The number of halogens is 1. The summed E-state index contributed by atoms with van der Waals surface area (Å²) < 4.78 is 25.9. The Morgan fingerprint density at radius 3 is 2.44 bits per heavy atom. The van der Waals surface area contributed by atoms with Gasteiger partial charge in [-0.1, -0.05) is 48.5 Å². The lowest BCUT2D eigenvalue weighted by Gasteiger charge is -2.26. The molecule has 1 unspecified atom stereocenters. The van der Waals surface area contributed by atoms with Crippen LogP contribution in [0.5, 0.6) is 11.5 Å². The molecule has 0 saturated carbocycles. The third-order valence-corrected chi connectivity index (χ3v) is 6.73. The number of carbonyl (C=O) groups excluding carboxylic acids is 2. The Labute approximate surface area is 228 Å². The summed E-state index contributed by atoms with van der Waals surface area (Å²) in [6.07, 6.45) is 0.616. The van der Waals surface area contributed by atoms with Crippen molar-refractivity contribution in [2.24, 2.45) is 0 Å². The number of methoxy groups -OCH3 is 1. The monoisotopic (exact) mass is 532 g/mol. The lowest BCUT2D eigenvalue weighted by atomic mass is 9.94. The molecule has 7 nitrogen and oxygen atoms in total. The Balaban J connectivity index is 1.75. The average molecular weight is 533 g/mol. The van der Waals surface area contributed by atoms with Crippen LogP contribution in [-0.2, 0) is 16.2 Å². The maximum absolute atomic E-state index is 14.3. The van der Waals surface area contributed by atoms with Crippen LogP contribution < -0.4 is 9.47 Å². The van der Waals surface area contributed by atoms with Crippen molar-refractivity contribution in [3.05, 3.63) is 100 Å². The summed E-state index contributed by atoms with van der Waals surface area (Å²) in [5.74, 6) is -1.55. The minimum Gasteiger partial charge on any atom is -0.507 e. The Morgan fingerprint density at radius 1 is 1.03 bits per heavy atom. The highest BCUT2D eigenvalue weighted by atomic mass is 19.1. The topological polar surface area (TPSA) is 79.3 Å². The van der Waals surface area contributed by atoms with Crippen molar-refractivity contribution < 1.29 is 28.6 Å². The summed E-state index contributed by atoms with van der Waals surface area (Å²) in [5.41, 5.74) is 2.00. The molecule has 3 aromatic carbocycles. The van der Waals surface area contributed by atoms with Gasteiger partial charge in [0.25, 0.3) is 11.7 Å². The van der Waals surface area contributed by atoms with Crippen LogP contribution in [0.3, 0.4) is 0 Å². The standard InChI is InChI=1S/C31H33FN2O5/c1-20-11-12-23(17-24(20)32)29(35)27-28(34(31(37)30(27)36)16-8-15-33(2)3)22-13-14-25(26(18-22)38-4)39-19-21-9-6-5-7-10-21/h5-7,9-14,17-18,28,35H,8,15-16,19H2,1-4H3. The molecule has 3 aromatic rings. The summed E-state index contributed by atoms with van der Waals surface area (Å²) >= 11 is 0. The molecule has 0 radical (unpaired) electrons. The molecule has 1 fully saturated rings. The van der Waals surface area contributed by atoms with E-state index in [0.717, 1.165) is 5.56 Å². The predicted octanol–water partition coefficient (Wildman–Crippen LogP) is 5.10. The molecular weight excluding hydrogens is 499 g/mol. The lowest BCUT2D eigenvalue weighted by molar-refractivity contribution is -0.139. The van der Waals surface area contributed by atoms with Gasteiger partial charge in [-0.3, -0.25) is 9.59 Å². The van der Waals surface area contributed by atoms with Crippen LogP contribution in [0.4, 0.5) is 4.39 Å². The fourth-order valence-corrected chi connectivity index (χ4v) is 4.62. The Hall–Kier alpha value is -4.17. The third-order valence-electron chi connectivity index (χ3n) is 6.73. The van der Waals surface area contributed by atoms with E-state index in [4.69, 9.17) is 9.47 Å². The zero-order chi connectivity index (χ0) is 28.1. The van der Waals surface area contributed by atoms with Gasteiger partial charge in [0.1, 0.15) is 18.2 Å². The molecule has 0 aromatic heterocycles. The van der Waals surface area contributed by atoms with Crippen molar-refractivity contribution in [2.45, 2.75) is 26.0 Å². The van der Waals surface area contributed by atoms with Crippen molar-refractivity contribution in [1.29, 1.82) is 0 Å². The van der Waals surface area contributed by atoms with Crippen molar-refractivity contribution >= 4 is 17.4 Å². The maximum atomic E-state index is 14.3. The van der Waals surface area contributed by atoms with Gasteiger partial charge in [-0.15, -0.1) is 0 Å². The van der Waals surface area contributed by atoms with E-state index in [0.29, 0.717) is 48.7 Å². The van der Waals surface area contributed by atoms with Gasteiger partial charge in [0.05, 0.1) is 18.7 Å². The van der Waals surface area contributed by atoms with Gasteiger partial charge < -0.3 is 24.4 Å². The highest BCUT2D eigenvalue weighted by Crippen LogP contribution is 2.42.